The molecule has 0 radical (unpaired) electrons. The van der Waals surface area contributed by atoms with Gasteiger partial charge in [0.2, 0.25) is 5.78 Å². The highest BCUT2D eigenvalue weighted by Gasteiger charge is 2.17. The van der Waals surface area contributed by atoms with Gasteiger partial charge < -0.3 is 4.74 Å². The van der Waals surface area contributed by atoms with E-state index in [0.29, 0.717) is 10.6 Å². The smallest absolute Gasteiger partial charge is 0.205 e. The molecular weight excluding hydrogens is 319 g/mol. The summed E-state index contributed by atoms with van der Waals surface area (Å²) in [6.07, 6.45) is 0. The number of ketones is 1. The molecule has 0 aliphatic heterocycles. The van der Waals surface area contributed by atoms with Crippen LogP contribution >= 0.6 is 27.3 Å². The van der Waals surface area contributed by atoms with Crippen molar-refractivity contribution in [1.29, 1.82) is 0 Å². The summed E-state index contributed by atoms with van der Waals surface area (Å²) < 4.78 is 19.6. The van der Waals surface area contributed by atoms with Gasteiger partial charge in [-0.25, -0.2) is 4.39 Å². The number of ether oxygens (including phenoxy) is 1. The summed E-state index contributed by atoms with van der Waals surface area (Å²) in [6.45, 7) is 1.89. The fraction of sp³-hybridized carbons (Fsp3) is 0.154. The number of benzene rings is 1. The first-order valence-corrected chi connectivity index (χ1v) is 6.78. The van der Waals surface area contributed by atoms with Gasteiger partial charge in [0, 0.05) is 6.07 Å². The van der Waals surface area contributed by atoms with E-state index in [4.69, 9.17) is 4.74 Å². The molecule has 2 rings (SSSR count). The molecule has 0 bridgehead atoms. The Balaban J connectivity index is 2.40. The van der Waals surface area contributed by atoms with E-state index in [-0.39, 0.29) is 11.3 Å². The standard InChI is InChI=1S/C13H10BrFO2S/c1-7-5-11(18-13(7)14)12(16)9-4-3-8(17-2)6-10(9)15/h3-6H,1-2H3. The Labute approximate surface area is 117 Å². The van der Waals surface area contributed by atoms with E-state index >= 15 is 0 Å². The number of carbonyl (C=O) groups excluding carboxylic acids is 1. The molecule has 1 aromatic heterocycles. The fourth-order valence-corrected chi connectivity index (χ4v) is 3.00. The van der Waals surface area contributed by atoms with Crippen LogP contribution in [0.2, 0.25) is 0 Å². The number of rotatable bonds is 3. The Kier molecular flexibility index (Phi) is 3.82. The second-order valence-corrected chi connectivity index (χ2v) is 6.11. The highest BCUT2D eigenvalue weighted by Crippen LogP contribution is 2.30. The third-order valence-electron chi connectivity index (χ3n) is 2.50. The van der Waals surface area contributed by atoms with Crippen LogP contribution in [-0.2, 0) is 0 Å². The van der Waals surface area contributed by atoms with Gasteiger partial charge in [-0.2, -0.15) is 0 Å². The van der Waals surface area contributed by atoms with Crippen molar-refractivity contribution in [3.8, 4) is 5.75 Å². The summed E-state index contributed by atoms with van der Waals surface area (Å²) in [5.74, 6) is -0.483. The van der Waals surface area contributed by atoms with Crippen LogP contribution in [0.15, 0.2) is 28.1 Å². The van der Waals surface area contributed by atoms with Gasteiger partial charge in [-0.15, -0.1) is 11.3 Å². The molecule has 0 saturated heterocycles. The minimum absolute atomic E-state index is 0.0598. The molecule has 0 aliphatic carbocycles. The first kappa shape index (κ1) is 13.2. The van der Waals surface area contributed by atoms with Crippen LogP contribution in [-0.4, -0.2) is 12.9 Å². The second kappa shape index (κ2) is 5.20. The summed E-state index contributed by atoms with van der Waals surface area (Å²) in [5.41, 5.74) is 1.03. The Morgan fingerprint density at radius 1 is 1.39 bits per heavy atom. The number of thiophene rings is 1. The zero-order valence-electron chi connectivity index (χ0n) is 9.79. The van der Waals surface area contributed by atoms with Gasteiger partial charge in [-0.05, 0) is 46.6 Å². The van der Waals surface area contributed by atoms with E-state index in [1.54, 1.807) is 12.1 Å². The fourth-order valence-electron chi connectivity index (χ4n) is 1.51. The molecule has 1 aromatic carbocycles. The number of carbonyl (C=O) groups is 1. The third-order valence-corrected chi connectivity index (χ3v) is 4.64. The summed E-state index contributed by atoms with van der Waals surface area (Å²) in [5, 5.41) is 0. The maximum Gasteiger partial charge on any atom is 0.205 e. The number of hydrogen-bond donors (Lipinski definition) is 0. The maximum absolute atomic E-state index is 13.8. The molecule has 0 saturated carbocycles. The minimum Gasteiger partial charge on any atom is -0.497 e. The van der Waals surface area contributed by atoms with Gasteiger partial charge in [0.25, 0.3) is 0 Å². The van der Waals surface area contributed by atoms with Gasteiger partial charge in [0.15, 0.2) is 0 Å². The van der Waals surface area contributed by atoms with Crippen molar-refractivity contribution in [2.24, 2.45) is 0 Å². The van der Waals surface area contributed by atoms with Crippen LogP contribution in [0.5, 0.6) is 5.75 Å². The quantitative estimate of drug-likeness (QED) is 0.789. The zero-order valence-corrected chi connectivity index (χ0v) is 12.2. The highest BCUT2D eigenvalue weighted by molar-refractivity contribution is 9.11. The Hall–Kier alpha value is -1.20. The first-order valence-electron chi connectivity index (χ1n) is 5.17. The van der Waals surface area contributed by atoms with E-state index in [1.165, 1.54) is 30.6 Å². The van der Waals surface area contributed by atoms with E-state index in [1.807, 2.05) is 6.92 Å². The maximum atomic E-state index is 13.8. The van der Waals surface area contributed by atoms with Crippen LogP contribution in [0.4, 0.5) is 4.39 Å². The lowest BCUT2D eigenvalue weighted by molar-refractivity contribution is 0.103. The van der Waals surface area contributed by atoms with E-state index in [0.717, 1.165) is 9.35 Å². The molecule has 0 atom stereocenters. The second-order valence-electron chi connectivity index (χ2n) is 3.74. The van der Waals surface area contributed by atoms with Crippen LogP contribution < -0.4 is 4.74 Å². The molecule has 0 spiro atoms. The lowest BCUT2D eigenvalue weighted by atomic mass is 10.1. The molecule has 0 N–H and O–H groups in total. The van der Waals surface area contributed by atoms with Crippen molar-refractivity contribution in [3.05, 3.63) is 49.9 Å². The Morgan fingerprint density at radius 2 is 2.11 bits per heavy atom. The molecule has 2 aromatic rings. The van der Waals surface area contributed by atoms with Crippen molar-refractivity contribution < 1.29 is 13.9 Å². The van der Waals surface area contributed by atoms with Gasteiger partial charge in [-0.1, -0.05) is 0 Å². The summed E-state index contributed by atoms with van der Waals surface area (Å²) in [4.78, 5) is 12.7. The van der Waals surface area contributed by atoms with Crippen LogP contribution in [0, 0.1) is 12.7 Å². The van der Waals surface area contributed by atoms with Crippen molar-refractivity contribution in [3.63, 3.8) is 0 Å². The average molecular weight is 329 g/mol. The van der Waals surface area contributed by atoms with Crippen molar-refractivity contribution in [2.75, 3.05) is 7.11 Å². The molecule has 18 heavy (non-hydrogen) atoms. The highest BCUT2D eigenvalue weighted by atomic mass is 79.9. The summed E-state index contributed by atoms with van der Waals surface area (Å²) >= 11 is 4.66. The topological polar surface area (TPSA) is 26.3 Å². The molecular formula is C13H10BrFO2S. The predicted molar refractivity (Wildman–Crippen MR) is 73.1 cm³/mol. The zero-order chi connectivity index (χ0) is 13.3. The van der Waals surface area contributed by atoms with Gasteiger partial charge in [0.1, 0.15) is 11.6 Å². The average Bonchev–Trinajstić information content (AvgIpc) is 2.68. The van der Waals surface area contributed by atoms with Crippen LogP contribution in [0.25, 0.3) is 0 Å². The predicted octanol–water partition coefficient (Wildman–Crippen LogP) is 4.20. The van der Waals surface area contributed by atoms with Crippen molar-refractivity contribution in [1.82, 2.24) is 0 Å². The molecule has 0 unspecified atom stereocenters. The van der Waals surface area contributed by atoms with Gasteiger partial charge in [-0.3, -0.25) is 4.79 Å². The molecule has 1 heterocycles. The normalized spacial score (nSPS) is 10.4. The lowest BCUT2D eigenvalue weighted by Gasteiger charge is -2.03. The van der Waals surface area contributed by atoms with Gasteiger partial charge >= 0.3 is 0 Å². The number of halogens is 2. The largest absolute Gasteiger partial charge is 0.497 e. The molecule has 0 fully saturated rings. The number of hydrogen-bond acceptors (Lipinski definition) is 3. The molecule has 0 aliphatic rings. The number of aryl methyl sites for hydroxylation is 1. The third kappa shape index (κ3) is 2.47. The molecule has 5 heteroatoms. The first-order chi connectivity index (χ1) is 8.52. The lowest BCUT2D eigenvalue weighted by Crippen LogP contribution is -2.02. The monoisotopic (exact) mass is 328 g/mol. The van der Waals surface area contributed by atoms with Crippen molar-refractivity contribution >= 4 is 33.0 Å². The molecule has 0 amide bonds. The van der Waals surface area contributed by atoms with Gasteiger partial charge in [0.05, 0.1) is 21.3 Å². The van der Waals surface area contributed by atoms with E-state index in [9.17, 15) is 9.18 Å². The summed E-state index contributed by atoms with van der Waals surface area (Å²) in [7, 11) is 1.45. The molecule has 94 valence electrons. The minimum atomic E-state index is -0.568. The number of methoxy groups -OCH3 is 1. The van der Waals surface area contributed by atoms with E-state index in [2.05, 4.69) is 15.9 Å². The van der Waals surface area contributed by atoms with E-state index < -0.39 is 5.82 Å². The van der Waals surface area contributed by atoms with Crippen LogP contribution in [0.1, 0.15) is 20.8 Å². The Bertz CT molecular complexity index is 588. The Morgan fingerprint density at radius 3 is 2.61 bits per heavy atom. The van der Waals surface area contributed by atoms with Crippen LogP contribution in [0.3, 0.4) is 0 Å². The summed E-state index contributed by atoms with van der Waals surface area (Å²) in [6, 6.07) is 5.98. The SMILES string of the molecule is COc1ccc(C(=O)c2cc(C)c(Br)s2)c(F)c1. The molecule has 2 nitrogen and oxygen atoms in total. The van der Waals surface area contributed by atoms with Crippen molar-refractivity contribution in [2.45, 2.75) is 6.92 Å².